The van der Waals surface area contributed by atoms with Crippen molar-refractivity contribution in [2.24, 2.45) is 5.73 Å². The summed E-state index contributed by atoms with van der Waals surface area (Å²) in [4.78, 5) is 8.23. The van der Waals surface area contributed by atoms with Gasteiger partial charge in [0.25, 0.3) is 0 Å². The average Bonchev–Trinajstić information content (AvgIpc) is 2.30. The van der Waals surface area contributed by atoms with Gasteiger partial charge in [-0.3, -0.25) is 9.97 Å². The molecule has 86 valence electrons. The first kappa shape index (κ1) is 14.8. The summed E-state index contributed by atoms with van der Waals surface area (Å²) in [6.45, 7) is 0.570. The van der Waals surface area contributed by atoms with E-state index in [4.69, 9.17) is 5.73 Å². The third-order valence-corrected chi connectivity index (χ3v) is 2.05. The Morgan fingerprint density at radius 2 is 1.69 bits per heavy atom. The molecule has 0 unspecified atom stereocenters. The fourth-order valence-electron chi connectivity index (χ4n) is 1.26. The molecular weight excluding hydrogens is 245 g/mol. The zero-order chi connectivity index (χ0) is 9.80. The van der Waals surface area contributed by atoms with Gasteiger partial charge in [-0.25, -0.2) is 0 Å². The maximum absolute atomic E-state index is 5.51. The molecule has 0 fully saturated rings. The van der Waals surface area contributed by atoms with E-state index in [0.29, 0.717) is 6.54 Å². The number of aromatic nitrogens is 2. The highest BCUT2D eigenvalue weighted by atomic mass is 35.5. The zero-order valence-corrected chi connectivity index (χ0v) is 10.2. The molecule has 16 heavy (non-hydrogen) atoms. The van der Waals surface area contributed by atoms with Crippen molar-refractivity contribution in [3.05, 3.63) is 48.4 Å². The standard InChI is InChI=1S/C11H11N3.2ClH/c12-7-9-1-3-10(4-2-9)11-8-13-5-6-14-11;;/h1-6,8H,7,12H2;2*1H. The lowest BCUT2D eigenvalue weighted by atomic mass is 10.1. The second-order valence-corrected chi connectivity index (χ2v) is 2.99. The topological polar surface area (TPSA) is 51.8 Å². The largest absolute Gasteiger partial charge is 0.326 e. The third-order valence-electron chi connectivity index (χ3n) is 2.05. The second-order valence-electron chi connectivity index (χ2n) is 2.99. The first-order chi connectivity index (χ1) is 6.90. The van der Waals surface area contributed by atoms with Crippen LogP contribution in [-0.4, -0.2) is 9.97 Å². The molecule has 0 aliphatic heterocycles. The molecule has 0 spiro atoms. The van der Waals surface area contributed by atoms with Gasteiger partial charge < -0.3 is 5.73 Å². The van der Waals surface area contributed by atoms with Crippen LogP contribution in [0.25, 0.3) is 11.3 Å². The van der Waals surface area contributed by atoms with Crippen LogP contribution in [0.3, 0.4) is 0 Å². The highest BCUT2D eigenvalue weighted by Crippen LogP contribution is 2.15. The van der Waals surface area contributed by atoms with E-state index in [2.05, 4.69) is 9.97 Å². The van der Waals surface area contributed by atoms with Gasteiger partial charge in [-0.15, -0.1) is 24.8 Å². The van der Waals surface area contributed by atoms with Gasteiger partial charge >= 0.3 is 0 Å². The number of nitrogens with two attached hydrogens (primary N) is 1. The summed E-state index contributed by atoms with van der Waals surface area (Å²) in [5.41, 5.74) is 8.58. The normalized spacial score (nSPS) is 8.81. The van der Waals surface area contributed by atoms with Crippen molar-refractivity contribution in [3.63, 3.8) is 0 Å². The minimum absolute atomic E-state index is 0. The lowest BCUT2D eigenvalue weighted by Crippen LogP contribution is -1.95. The lowest BCUT2D eigenvalue weighted by Gasteiger charge is -2.00. The number of halogens is 2. The molecule has 1 aromatic carbocycles. The van der Waals surface area contributed by atoms with Crippen LogP contribution in [0.5, 0.6) is 0 Å². The van der Waals surface area contributed by atoms with Crippen molar-refractivity contribution < 1.29 is 0 Å². The Hall–Kier alpha value is -1.16. The highest BCUT2D eigenvalue weighted by Gasteiger charge is 1.97. The maximum Gasteiger partial charge on any atom is 0.0885 e. The summed E-state index contributed by atoms with van der Waals surface area (Å²) in [5, 5.41) is 0. The second kappa shape index (κ2) is 7.17. The van der Waals surface area contributed by atoms with Gasteiger partial charge in [0.1, 0.15) is 0 Å². The predicted octanol–water partition coefficient (Wildman–Crippen LogP) is 2.45. The van der Waals surface area contributed by atoms with Crippen molar-refractivity contribution in [2.45, 2.75) is 6.54 Å². The van der Waals surface area contributed by atoms with Crippen molar-refractivity contribution >= 4 is 24.8 Å². The van der Waals surface area contributed by atoms with E-state index >= 15 is 0 Å². The van der Waals surface area contributed by atoms with E-state index in [0.717, 1.165) is 16.8 Å². The van der Waals surface area contributed by atoms with Crippen LogP contribution in [-0.2, 0) is 6.54 Å². The summed E-state index contributed by atoms with van der Waals surface area (Å²) in [7, 11) is 0. The van der Waals surface area contributed by atoms with Gasteiger partial charge in [0.15, 0.2) is 0 Å². The fourth-order valence-corrected chi connectivity index (χ4v) is 1.26. The van der Waals surface area contributed by atoms with E-state index in [9.17, 15) is 0 Å². The number of benzene rings is 1. The SMILES string of the molecule is Cl.Cl.NCc1ccc(-c2cnccn2)cc1. The Labute approximate surface area is 107 Å². The Kier molecular flexibility index (Phi) is 6.65. The van der Waals surface area contributed by atoms with Crippen LogP contribution in [0.1, 0.15) is 5.56 Å². The maximum atomic E-state index is 5.51. The van der Waals surface area contributed by atoms with Gasteiger partial charge in [-0.2, -0.15) is 0 Å². The quantitative estimate of drug-likeness (QED) is 0.900. The molecular formula is C11H13Cl2N3. The van der Waals surface area contributed by atoms with Crippen LogP contribution in [0.4, 0.5) is 0 Å². The van der Waals surface area contributed by atoms with Crippen LogP contribution in [0.2, 0.25) is 0 Å². The molecule has 0 saturated carbocycles. The summed E-state index contributed by atoms with van der Waals surface area (Å²) in [5.74, 6) is 0. The van der Waals surface area contributed by atoms with Gasteiger partial charge in [0, 0.05) is 24.5 Å². The molecule has 1 aromatic heterocycles. The molecule has 0 atom stereocenters. The number of hydrogen-bond acceptors (Lipinski definition) is 3. The minimum Gasteiger partial charge on any atom is -0.326 e. The summed E-state index contributed by atoms with van der Waals surface area (Å²) in [6.07, 6.45) is 5.10. The smallest absolute Gasteiger partial charge is 0.0885 e. The Balaban J connectivity index is 0.00000112. The van der Waals surface area contributed by atoms with E-state index < -0.39 is 0 Å². The first-order valence-corrected chi connectivity index (χ1v) is 4.45. The molecule has 0 saturated heterocycles. The molecule has 2 rings (SSSR count). The van der Waals surface area contributed by atoms with Crippen molar-refractivity contribution in [1.82, 2.24) is 9.97 Å². The van der Waals surface area contributed by atoms with Crippen molar-refractivity contribution in [2.75, 3.05) is 0 Å². The molecule has 1 heterocycles. The van der Waals surface area contributed by atoms with E-state index in [1.165, 1.54) is 0 Å². The first-order valence-electron chi connectivity index (χ1n) is 4.45. The molecule has 2 N–H and O–H groups in total. The molecule has 0 amide bonds. The van der Waals surface area contributed by atoms with Crippen LogP contribution in [0.15, 0.2) is 42.9 Å². The summed E-state index contributed by atoms with van der Waals surface area (Å²) >= 11 is 0. The molecule has 0 bridgehead atoms. The average molecular weight is 258 g/mol. The highest BCUT2D eigenvalue weighted by molar-refractivity contribution is 5.85. The third kappa shape index (κ3) is 3.45. The number of nitrogens with zero attached hydrogens (tertiary/aromatic N) is 2. The van der Waals surface area contributed by atoms with Crippen molar-refractivity contribution in [1.29, 1.82) is 0 Å². The van der Waals surface area contributed by atoms with E-state index in [1.54, 1.807) is 18.6 Å². The molecule has 0 aliphatic rings. The van der Waals surface area contributed by atoms with Crippen LogP contribution >= 0.6 is 24.8 Å². The summed E-state index contributed by atoms with van der Waals surface area (Å²) < 4.78 is 0. The Morgan fingerprint density at radius 3 is 2.19 bits per heavy atom. The van der Waals surface area contributed by atoms with Gasteiger partial charge in [-0.1, -0.05) is 24.3 Å². The molecule has 0 aliphatic carbocycles. The van der Waals surface area contributed by atoms with E-state index in [-0.39, 0.29) is 24.8 Å². The van der Waals surface area contributed by atoms with Crippen molar-refractivity contribution in [3.8, 4) is 11.3 Å². The molecule has 0 radical (unpaired) electrons. The lowest BCUT2D eigenvalue weighted by molar-refractivity contribution is 1.07. The van der Waals surface area contributed by atoms with Gasteiger partial charge in [0.05, 0.1) is 11.9 Å². The van der Waals surface area contributed by atoms with Gasteiger partial charge in [0.2, 0.25) is 0 Å². The molecule has 5 heteroatoms. The van der Waals surface area contributed by atoms with Gasteiger partial charge in [-0.05, 0) is 5.56 Å². The Bertz CT molecular complexity index is 403. The van der Waals surface area contributed by atoms with Crippen LogP contribution in [0, 0.1) is 0 Å². The monoisotopic (exact) mass is 257 g/mol. The molecule has 2 aromatic rings. The predicted molar refractivity (Wildman–Crippen MR) is 69.9 cm³/mol. The summed E-state index contributed by atoms with van der Waals surface area (Å²) in [6, 6.07) is 8.02. The fraction of sp³-hybridized carbons (Fsp3) is 0.0909. The minimum atomic E-state index is 0. The number of hydrogen-bond donors (Lipinski definition) is 1. The van der Waals surface area contributed by atoms with E-state index in [1.807, 2.05) is 24.3 Å². The molecule has 3 nitrogen and oxygen atoms in total. The zero-order valence-electron chi connectivity index (χ0n) is 8.54. The Morgan fingerprint density at radius 1 is 1.00 bits per heavy atom. The van der Waals surface area contributed by atoms with Crippen LogP contribution < -0.4 is 5.73 Å². The number of rotatable bonds is 2.